The second-order valence-corrected chi connectivity index (χ2v) is 6.26. The Balaban J connectivity index is 2.09. The number of nitrogen functional groups attached to an aromatic ring is 1. The number of nitrogens with two attached hydrogens (primary N) is 1. The summed E-state index contributed by atoms with van der Waals surface area (Å²) in [5.41, 5.74) is 6.94. The molecule has 6 nitrogen and oxygen atoms in total. The van der Waals surface area contributed by atoms with E-state index in [4.69, 9.17) is 10.5 Å². The minimum Gasteiger partial charge on any atom is -0.444 e. The molecule has 0 radical (unpaired) electrons. The fourth-order valence-electron chi connectivity index (χ4n) is 2.20. The summed E-state index contributed by atoms with van der Waals surface area (Å²) in [5, 5.41) is 7.95. The number of hydrogen-bond acceptors (Lipinski definition) is 5. The Morgan fingerprint density at radius 2 is 2.10 bits per heavy atom. The van der Waals surface area contributed by atoms with Gasteiger partial charge in [-0.2, -0.15) is 0 Å². The first-order chi connectivity index (χ1) is 9.76. The van der Waals surface area contributed by atoms with Gasteiger partial charge in [0.05, 0.1) is 5.69 Å². The molecule has 1 aliphatic heterocycles. The van der Waals surface area contributed by atoms with E-state index in [1.807, 2.05) is 39.8 Å². The lowest BCUT2D eigenvalue weighted by molar-refractivity contribution is 0.0198. The van der Waals surface area contributed by atoms with Crippen LogP contribution in [0.1, 0.15) is 39.8 Å². The van der Waals surface area contributed by atoms with Gasteiger partial charge in [0, 0.05) is 12.6 Å². The molecule has 2 N–H and O–H groups in total. The molecule has 1 atom stereocenters. The van der Waals surface area contributed by atoms with E-state index >= 15 is 0 Å². The van der Waals surface area contributed by atoms with Crippen molar-refractivity contribution in [1.29, 1.82) is 0 Å². The molecule has 0 aromatic carbocycles. The molecular weight excluding hydrogens is 268 g/mol. The number of amides is 1. The first-order valence-electron chi connectivity index (χ1n) is 7.04. The van der Waals surface area contributed by atoms with Crippen LogP contribution in [0.2, 0.25) is 0 Å². The van der Waals surface area contributed by atoms with Crippen LogP contribution in [0.3, 0.4) is 0 Å². The SMILES string of the molecule is C[C@H]1CC(c2ccc(N)nn2)=CCN1C(=O)OC(C)(C)C. The lowest BCUT2D eigenvalue weighted by Gasteiger charge is -2.34. The number of nitrogens with zero attached hydrogens (tertiary/aromatic N) is 3. The number of aromatic nitrogens is 2. The zero-order valence-corrected chi connectivity index (χ0v) is 13.0. The molecule has 0 unspecified atom stereocenters. The predicted molar refractivity (Wildman–Crippen MR) is 81.4 cm³/mol. The molecule has 1 aliphatic rings. The van der Waals surface area contributed by atoms with Crippen molar-refractivity contribution in [3.05, 3.63) is 23.9 Å². The summed E-state index contributed by atoms with van der Waals surface area (Å²) in [5.74, 6) is 0.401. The normalized spacial score (nSPS) is 19.1. The van der Waals surface area contributed by atoms with Crippen molar-refractivity contribution >= 4 is 17.5 Å². The highest BCUT2D eigenvalue weighted by atomic mass is 16.6. The smallest absolute Gasteiger partial charge is 0.410 e. The average molecular weight is 290 g/mol. The Kier molecular flexibility index (Phi) is 4.16. The summed E-state index contributed by atoms with van der Waals surface area (Å²) in [6.45, 7) is 8.11. The van der Waals surface area contributed by atoms with E-state index in [1.54, 1.807) is 11.0 Å². The average Bonchev–Trinajstić information content (AvgIpc) is 2.37. The van der Waals surface area contributed by atoms with Gasteiger partial charge in [-0.25, -0.2) is 4.79 Å². The maximum atomic E-state index is 12.1. The highest BCUT2D eigenvalue weighted by molar-refractivity contribution is 5.72. The number of carbonyl (C=O) groups is 1. The van der Waals surface area contributed by atoms with Crippen LogP contribution >= 0.6 is 0 Å². The monoisotopic (exact) mass is 290 g/mol. The van der Waals surface area contributed by atoms with E-state index in [2.05, 4.69) is 10.2 Å². The summed E-state index contributed by atoms with van der Waals surface area (Å²) in [6, 6.07) is 3.64. The van der Waals surface area contributed by atoms with Crippen LogP contribution in [0, 0.1) is 0 Å². The van der Waals surface area contributed by atoms with Gasteiger partial charge >= 0.3 is 6.09 Å². The van der Waals surface area contributed by atoms with Crippen molar-refractivity contribution in [2.24, 2.45) is 0 Å². The minimum atomic E-state index is -0.483. The molecule has 0 spiro atoms. The maximum absolute atomic E-state index is 12.1. The van der Waals surface area contributed by atoms with Crippen molar-refractivity contribution in [2.45, 2.75) is 45.8 Å². The van der Waals surface area contributed by atoms with Crippen LogP contribution in [0.15, 0.2) is 18.2 Å². The quantitative estimate of drug-likeness (QED) is 0.859. The van der Waals surface area contributed by atoms with Gasteiger partial charge in [-0.1, -0.05) is 6.08 Å². The molecule has 1 aromatic heterocycles. The third kappa shape index (κ3) is 3.93. The Morgan fingerprint density at radius 1 is 1.38 bits per heavy atom. The molecule has 1 aromatic rings. The summed E-state index contributed by atoms with van der Waals surface area (Å²) >= 11 is 0. The second kappa shape index (κ2) is 5.71. The molecular formula is C15H22N4O2. The lowest BCUT2D eigenvalue weighted by Crippen LogP contribution is -2.44. The summed E-state index contributed by atoms with van der Waals surface area (Å²) in [6.07, 6.45) is 2.43. The molecule has 6 heteroatoms. The maximum Gasteiger partial charge on any atom is 0.410 e. The number of hydrogen-bond donors (Lipinski definition) is 1. The molecule has 0 saturated heterocycles. The van der Waals surface area contributed by atoms with Crippen LogP contribution in [-0.4, -0.2) is 39.4 Å². The highest BCUT2D eigenvalue weighted by Gasteiger charge is 2.28. The van der Waals surface area contributed by atoms with Crippen molar-refractivity contribution in [2.75, 3.05) is 12.3 Å². The number of ether oxygens (including phenoxy) is 1. The fourth-order valence-corrected chi connectivity index (χ4v) is 2.20. The van der Waals surface area contributed by atoms with E-state index in [-0.39, 0.29) is 12.1 Å². The molecule has 1 amide bonds. The van der Waals surface area contributed by atoms with Gasteiger partial charge in [0.2, 0.25) is 0 Å². The van der Waals surface area contributed by atoms with Crippen LogP contribution in [-0.2, 0) is 4.74 Å². The first-order valence-corrected chi connectivity index (χ1v) is 7.04. The topological polar surface area (TPSA) is 81.3 Å². The van der Waals surface area contributed by atoms with Gasteiger partial charge in [0.1, 0.15) is 11.4 Å². The molecule has 0 fully saturated rings. The van der Waals surface area contributed by atoms with E-state index < -0.39 is 5.60 Å². The summed E-state index contributed by atoms with van der Waals surface area (Å²) in [4.78, 5) is 13.9. The van der Waals surface area contributed by atoms with Gasteiger partial charge in [0.15, 0.2) is 0 Å². The standard InChI is InChI=1S/C15H22N4O2/c1-10-9-11(12-5-6-13(16)18-17-12)7-8-19(10)14(20)21-15(2,3)4/h5-7,10H,8-9H2,1-4H3,(H2,16,18)/t10-/m0/s1. The lowest BCUT2D eigenvalue weighted by atomic mass is 9.99. The number of carbonyl (C=O) groups excluding carboxylic acids is 1. The van der Waals surface area contributed by atoms with Crippen LogP contribution in [0.25, 0.3) is 5.57 Å². The van der Waals surface area contributed by atoms with Crippen molar-refractivity contribution in [1.82, 2.24) is 15.1 Å². The largest absolute Gasteiger partial charge is 0.444 e. The minimum absolute atomic E-state index is 0.0548. The summed E-state index contributed by atoms with van der Waals surface area (Å²) < 4.78 is 5.42. The Hall–Kier alpha value is -2.11. The van der Waals surface area contributed by atoms with E-state index in [0.717, 1.165) is 17.7 Å². The Labute approximate surface area is 125 Å². The van der Waals surface area contributed by atoms with Crippen molar-refractivity contribution in [3.8, 4) is 0 Å². The molecule has 114 valence electrons. The van der Waals surface area contributed by atoms with Gasteiger partial charge in [0.25, 0.3) is 0 Å². The molecule has 2 rings (SSSR count). The predicted octanol–water partition coefficient (Wildman–Crippen LogP) is 2.47. The molecule has 2 heterocycles. The first kappa shape index (κ1) is 15.3. The van der Waals surface area contributed by atoms with E-state index in [9.17, 15) is 4.79 Å². The van der Waals surface area contributed by atoms with Crippen molar-refractivity contribution in [3.63, 3.8) is 0 Å². The van der Waals surface area contributed by atoms with Crippen LogP contribution in [0.4, 0.5) is 10.6 Å². The van der Waals surface area contributed by atoms with Crippen LogP contribution < -0.4 is 5.73 Å². The zero-order valence-electron chi connectivity index (χ0n) is 13.0. The van der Waals surface area contributed by atoms with Gasteiger partial charge in [-0.3, -0.25) is 0 Å². The van der Waals surface area contributed by atoms with Crippen molar-refractivity contribution < 1.29 is 9.53 Å². The molecule has 0 bridgehead atoms. The fraction of sp³-hybridized carbons (Fsp3) is 0.533. The third-order valence-electron chi connectivity index (χ3n) is 3.22. The second-order valence-electron chi connectivity index (χ2n) is 6.26. The zero-order chi connectivity index (χ0) is 15.6. The third-order valence-corrected chi connectivity index (χ3v) is 3.22. The van der Waals surface area contributed by atoms with Crippen LogP contribution in [0.5, 0.6) is 0 Å². The molecule has 21 heavy (non-hydrogen) atoms. The molecule has 0 saturated carbocycles. The van der Waals surface area contributed by atoms with E-state index in [0.29, 0.717) is 12.4 Å². The van der Waals surface area contributed by atoms with E-state index in [1.165, 1.54) is 0 Å². The van der Waals surface area contributed by atoms with Gasteiger partial charge < -0.3 is 15.4 Å². The number of anilines is 1. The Bertz CT molecular complexity index is 546. The Morgan fingerprint density at radius 3 is 2.62 bits per heavy atom. The van der Waals surface area contributed by atoms with Gasteiger partial charge in [-0.05, 0) is 51.8 Å². The van der Waals surface area contributed by atoms with Gasteiger partial charge in [-0.15, -0.1) is 10.2 Å². The summed E-state index contributed by atoms with van der Waals surface area (Å²) in [7, 11) is 0. The highest BCUT2D eigenvalue weighted by Crippen LogP contribution is 2.26. The molecule has 0 aliphatic carbocycles. The number of rotatable bonds is 1.